The normalized spacial score (nSPS) is 11.5. The fraction of sp³-hybridized carbons (Fsp3) is 0.150. The van der Waals surface area contributed by atoms with Gasteiger partial charge in [-0.1, -0.05) is 12.1 Å². The summed E-state index contributed by atoms with van der Waals surface area (Å²) in [5.74, 6) is -0.256. The number of hydrogen-bond donors (Lipinski definition) is 2. The molecule has 7 nitrogen and oxygen atoms in total. The molecule has 3 rings (SSSR count). The Bertz CT molecular complexity index is 925. The number of anilines is 1. The summed E-state index contributed by atoms with van der Waals surface area (Å²) in [6, 6.07) is 12.0. The highest BCUT2D eigenvalue weighted by Gasteiger charge is 2.12. The van der Waals surface area contributed by atoms with Crippen LogP contribution in [0.4, 0.5) is 14.9 Å². The number of carbonyl (C=O) groups excluding carboxylic acids is 2. The van der Waals surface area contributed by atoms with Crippen LogP contribution in [0, 0.1) is 5.82 Å². The van der Waals surface area contributed by atoms with Crippen molar-refractivity contribution < 1.29 is 23.1 Å². The van der Waals surface area contributed by atoms with E-state index in [0.717, 1.165) is 5.56 Å². The van der Waals surface area contributed by atoms with Crippen LogP contribution >= 0.6 is 0 Å². The van der Waals surface area contributed by atoms with E-state index in [2.05, 4.69) is 15.6 Å². The van der Waals surface area contributed by atoms with E-state index in [0.29, 0.717) is 17.0 Å². The maximum Gasteiger partial charge on any atom is 0.412 e. The van der Waals surface area contributed by atoms with Gasteiger partial charge in [0.2, 0.25) is 0 Å². The average molecular weight is 383 g/mol. The summed E-state index contributed by atoms with van der Waals surface area (Å²) in [4.78, 5) is 27.7. The molecule has 0 fully saturated rings. The molecule has 0 bridgehead atoms. The van der Waals surface area contributed by atoms with Gasteiger partial charge < -0.3 is 14.5 Å². The molecular weight excluding hydrogens is 365 g/mol. The Morgan fingerprint density at radius 2 is 1.86 bits per heavy atom. The fourth-order valence-corrected chi connectivity index (χ4v) is 2.42. The van der Waals surface area contributed by atoms with Crippen molar-refractivity contribution >= 4 is 17.7 Å². The largest absolute Gasteiger partial charge is 0.445 e. The van der Waals surface area contributed by atoms with Crippen LogP contribution in [0.3, 0.4) is 0 Å². The highest BCUT2D eigenvalue weighted by Crippen LogP contribution is 2.17. The number of aromatic nitrogens is 1. The molecule has 1 unspecified atom stereocenters. The lowest BCUT2D eigenvalue weighted by atomic mass is 10.1. The van der Waals surface area contributed by atoms with Gasteiger partial charge in [-0.05, 0) is 48.9 Å². The fourth-order valence-electron chi connectivity index (χ4n) is 2.42. The van der Waals surface area contributed by atoms with Gasteiger partial charge in [0, 0.05) is 11.3 Å². The Balaban J connectivity index is 1.52. The van der Waals surface area contributed by atoms with Crippen molar-refractivity contribution in [1.82, 2.24) is 10.3 Å². The predicted octanol–water partition coefficient (Wildman–Crippen LogP) is 4.05. The Labute approximate surface area is 160 Å². The van der Waals surface area contributed by atoms with Crippen LogP contribution in [0.25, 0.3) is 0 Å². The van der Waals surface area contributed by atoms with Gasteiger partial charge in [-0.2, -0.15) is 0 Å². The van der Waals surface area contributed by atoms with Gasteiger partial charge in [-0.15, -0.1) is 0 Å². The molecule has 1 aromatic heterocycles. The van der Waals surface area contributed by atoms with Crippen LogP contribution in [0.2, 0.25) is 0 Å². The number of oxazole rings is 1. The lowest BCUT2D eigenvalue weighted by Crippen LogP contribution is -2.26. The van der Waals surface area contributed by atoms with E-state index >= 15 is 0 Å². The van der Waals surface area contributed by atoms with E-state index in [1.165, 1.54) is 36.9 Å². The molecule has 0 aliphatic heterocycles. The summed E-state index contributed by atoms with van der Waals surface area (Å²) >= 11 is 0. The maximum atomic E-state index is 12.9. The minimum atomic E-state index is -0.623. The zero-order valence-electron chi connectivity index (χ0n) is 15.0. The molecule has 28 heavy (non-hydrogen) atoms. The summed E-state index contributed by atoms with van der Waals surface area (Å²) < 4.78 is 22.9. The van der Waals surface area contributed by atoms with Crippen LogP contribution in [0.5, 0.6) is 0 Å². The summed E-state index contributed by atoms with van der Waals surface area (Å²) in [7, 11) is 0. The van der Waals surface area contributed by atoms with Crippen LogP contribution < -0.4 is 10.6 Å². The van der Waals surface area contributed by atoms with Crippen molar-refractivity contribution in [1.29, 1.82) is 0 Å². The molecule has 144 valence electrons. The highest BCUT2D eigenvalue weighted by molar-refractivity contribution is 5.94. The van der Waals surface area contributed by atoms with E-state index in [1.807, 2.05) is 6.92 Å². The lowest BCUT2D eigenvalue weighted by Gasteiger charge is -2.15. The zero-order valence-corrected chi connectivity index (χ0v) is 15.0. The molecule has 2 amide bonds. The molecule has 0 radical (unpaired) electrons. The Morgan fingerprint density at radius 1 is 1.14 bits per heavy atom. The van der Waals surface area contributed by atoms with Crippen molar-refractivity contribution in [2.75, 3.05) is 5.32 Å². The molecule has 0 spiro atoms. The quantitative estimate of drug-likeness (QED) is 0.670. The topological polar surface area (TPSA) is 93.5 Å². The number of benzene rings is 2. The number of ether oxygens (including phenoxy) is 1. The summed E-state index contributed by atoms with van der Waals surface area (Å²) in [6.07, 6.45) is 2.09. The van der Waals surface area contributed by atoms with Crippen LogP contribution in [0.15, 0.2) is 65.5 Å². The maximum absolute atomic E-state index is 12.9. The first-order valence-electron chi connectivity index (χ1n) is 8.49. The molecule has 3 aromatic rings. The van der Waals surface area contributed by atoms with Gasteiger partial charge in [0.1, 0.15) is 5.82 Å². The number of hydrogen-bond acceptors (Lipinski definition) is 5. The number of rotatable bonds is 6. The number of amides is 2. The second-order valence-corrected chi connectivity index (χ2v) is 5.99. The third kappa shape index (κ3) is 5.16. The number of halogens is 1. The standard InChI is InChI=1S/C20H18FN3O4/c1-13(23-19(25)15-2-6-16(21)7-3-15)14-4-8-17(9-5-14)24-20(26)27-11-18-10-22-12-28-18/h2-10,12-13H,11H2,1H3,(H,23,25)(H,24,26). The van der Waals surface area contributed by atoms with Crippen molar-refractivity contribution in [2.45, 2.75) is 19.6 Å². The van der Waals surface area contributed by atoms with Crippen molar-refractivity contribution in [3.8, 4) is 0 Å². The molecule has 1 heterocycles. The van der Waals surface area contributed by atoms with E-state index in [4.69, 9.17) is 9.15 Å². The van der Waals surface area contributed by atoms with Gasteiger partial charge in [-0.3, -0.25) is 10.1 Å². The number of carbonyl (C=O) groups is 2. The number of nitrogens with zero attached hydrogens (tertiary/aromatic N) is 1. The molecule has 1 atom stereocenters. The Hall–Kier alpha value is -3.68. The minimum absolute atomic E-state index is 0.0175. The molecule has 0 saturated heterocycles. The molecule has 8 heteroatoms. The first-order valence-corrected chi connectivity index (χ1v) is 8.49. The third-order valence-electron chi connectivity index (χ3n) is 3.94. The predicted molar refractivity (Wildman–Crippen MR) is 99.0 cm³/mol. The first-order chi connectivity index (χ1) is 13.5. The molecule has 0 saturated carbocycles. The van der Waals surface area contributed by atoms with E-state index in [9.17, 15) is 14.0 Å². The van der Waals surface area contributed by atoms with Gasteiger partial charge >= 0.3 is 6.09 Å². The highest BCUT2D eigenvalue weighted by atomic mass is 19.1. The smallest absolute Gasteiger partial charge is 0.412 e. The van der Waals surface area contributed by atoms with E-state index in [1.54, 1.807) is 24.3 Å². The van der Waals surface area contributed by atoms with Gasteiger partial charge in [-0.25, -0.2) is 14.2 Å². The van der Waals surface area contributed by atoms with Crippen LogP contribution in [0.1, 0.15) is 34.6 Å². The summed E-state index contributed by atoms with van der Waals surface area (Å²) in [5.41, 5.74) is 1.76. The van der Waals surface area contributed by atoms with Crippen LogP contribution in [-0.4, -0.2) is 17.0 Å². The monoisotopic (exact) mass is 383 g/mol. The summed E-state index contributed by atoms with van der Waals surface area (Å²) in [6.45, 7) is 1.81. The Kier molecular flexibility index (Phi) is 6.01. The van der Waals surface area contributed by atoms with Crippen molar-refractivity contribution in [2.24, 2.45) is 0 Å². The molecule has 0 aliphatic carbocycles. The third-order valence-corrected chi connectivity index (χ3v) is 3.94. The summed E-state index contributed by atoms with van der Waals surface area (Å²) in [5, 5.41) is 5.43. The number of nitrogens with one attached hydrogen (secondary N) is 2. The molecule has 0 aliphatic rings. The minimum Gasteiger partial charge on any atom is -0.445 e. The van der Waals surface area contributed by atoms with Crippen LogP contribution in [-0.2, 0) is 11.3 Å². The van der Waals surface area contributed by atoms with Gasteiger partial charge in [0.15, 0.2) is 18.8 Å². The first kappa shape index (κ1) is 19.1. The van der Waals surface area contributed by atoms with Gasteiger partial charge in [0.05, 0.1) is 12.2 Å². The van der Waals surface area contributed by atoms with E-state index < -0.39 is 11.9 Å². The molecule has 2 N–H and O–H groups in total. The van der Waals surface area contributed by atoms with Crippen molar-refractivity contribution in [3.05, 3.63) is 83.8 Å². The lowest BCUT2D eigenvalue weighted by molar-refractivity contribution is 0.0939. The molecular formula is C20H18FN3O4. The van der Waals surface area contributed by atoms with Gasteiger partial charge in [0.25, 0.3) is 5.91 Å². The SMILES string of the molecule is CC(NC(=O)c1ccc(F)cc1)c1ccc(NC(=O)OCc2cnco2)cc1. The second-order valence-electron chi connectivity index (χ2n) is 5.99. The molecule has 2 aromatic carbocycles. The van der Waals surface area contributed by atoms with Crippen molar-refractivity contribution in [3.63, 3.8) is 0 Å². The average Bonchev–Trinajstić information content (AvgIpc) is 3.21. The van der Waals surface area contributed by atoms with E-state index in [-0.39, 0.29) is 18.6 Å². The second kappa shape index (κ2) is 8.81. The zero-order chi connectivity index (χ0) is 19.9. The Morgan fingerprint density at radius 3 is 2.50 bits per heavy atom.